The van der Waals surface area contributed by atoms with Crippen LogP contribution in [-0.4, -0.2) is 31.5 Å². The molecule has 0 bridgehead atoms. The van der Waals surface area contributed by atoms with Crippen LogP contribution in [0, 0.1) is 5.92 Å². The molecule has 0 aliphatic rings. The third-order valence-electron chi connectivity index (χ3n) is 2.10. The molecule has 0 aromatic carbocycles. The van der Waals surface area contributed by atoms with Gasteiger partial charge in [-0.3, -0.25) is 4.79 Å². The topological polar surface area (TPSA) is 45.2 Å². The first kappa shape index (κ1) is 12.5. The van der Waals surface area contributed by atoms with E-state index < -0.39 is 0 Å². The first-order chi connectivity index (χ1) is 7.50. The van der Waals surface area contributed by atoms with Crippen molar-refractivity contribution < 1.29 is 4.79 Å². The lowest BCUT2D eigenvalue weighted by Gasteiger charge is -2.12. The van der Waals surface area contributed by atoms with E-state index in [2.05, 4.69) is 24.1 Å². The van der Waals surface area contributed by atoms with Crippen molar-refractivity contribution in [2.45, 2.75) is 13.8 Å². The molecule has 0 atom stereocenters. The zero-order valence-electron chi connectivity index (χ0n) is 10.3. The minimum Gasteiger partial charge on any atom is -0.363 e. The summed E-state index contributed by atoms with van der Waals surface area (Å²) in [5.41, 5.74) is 0.465. The molecule has 16 heavy (non-hydrogen) atoms. The quantitative estimate of drug-likeness (QED) is 0.838. The highest BCUT2D eigenvalue weighted by Gasteiger charge is 2.08. The molecule has 1 N–H and O–H groups in total. The summed E-state index contributed by atoms with van der Waals surface area (Å²) in [6.07, 6.45) is 0. The van der Waals surface area contributed by atoms with Crippen LogP contribution in [0.25, 0.3) is 0 Å². The van der Waals surface area contributed by atoms with Gasteiger partial charge in [-0.05, 0) is 18.1 Å². The average molecular weight is 221 g/mol. The van der Waals surface area contributed by atoms with E-state index in [9.17, 15) is 4.79 Å². The van der Waals surface area contributed by atoms with E-state index in [1.54, 1.807) is 6.07 Å². The molecule has 0 aliphatic heterocycles. The summed E-state index contributed by atoms with van der Waals surface area (Å²) in [5, 5.41) is 2.84. The van der Waals surface area contributed by atoms with Gasteiger partial charge < -0.3 is 10.2 Å². The maximum absolute atomic E-state index is 11.7. The molecule has 1 heterocycles. The smallest absolute Gasteiger partial charge is 0.269 e. The Kier molecular flexibility index (Phi) is 4.28. The fraction of sp³-hybridized carbons (Fsp3) is 0.500. The van der Waals surface area contributed by atoms with E-state index in [4.69, 9.17) is 0 Å². The predicted octanol–water partition coefficient (Wildman–Crippen LogP) is 1.53. The average Bonchev–Trinajstić information content (AvgIpc) is 2.26. The summed E-state index contributed by atoms with van der Waals surface area (Å²) in [6.45, 7) is 4.79. The largest absolute Gasteiger partial charge is 0.363 e. The number of carbonyl (C=O) groups excluding carboxylic acids is 1. The van der Waals surface area contributed by atoms with Gasteiger partial charge in [0.15, 0.2) is 0 Å². The van der Waals surface area contributed by atoms with Crippen molar-refractivity contribution in [2.24, 2.45) is 5.92 Å². The Morgan fingerprint density at radius 1 is 1.44 bits per heavy atom. The van der Waals surface area contributed by atoms with Crippen LogP contribution >= 0.6 is 0 Å². The highest BCUT2D eigenvalue weighted by Crippen LogP contribution is 2.07. The number of pyridine rings is 1. The van der Waals surface area contributed by atoms with Crippen LogP contribution < -0.4 is 10.2 Å². The molecular formula is C12H19N3O. The molecule has 4 nitrogen and oxygen atoms in total. The first-order valence-electron chi connectivity index (χ1n) is 5.43. The third kappa shape index (κ3) is 3.53. The zero-order valence-corrected chi connectivity index (χ0v) is 10.3. The fourth-order valence-corrected chi connectivity index (χ4v) is 1.19. The minimum atomic E-state index is -0.114. The standard InChI is InChI=1S/C12H19N3O/c1-9(2)8-13-12(16)10-6-5-7-11(14-10)15(3)4/h5-7,9H,8H2,1-4H3,(H,13,16). The molecule has 1 amide bonds. The van der Waals surface area contributed by atoms with E-state index in [0.717, 1.165) is 5.82 Å². The van der Waals surface area contributed by atoms with Crippen molar-refractivity contribution in [1.82, 2.24) is 10.3 Å². The lowest BCUT2D eigenvalue weighted by molar-refractivity contribution is 0.0944. The maximum Gasteiger partial charge on any atom is 0.269 e. The molecule has 1 aromatic rings. The van der Waals surface area contributed by atoms with Crippen LogP contribution in [0.3, 0.4) is 0 Å². The Labute approximate surface area is 96.7 Å². The normalized spacial score (nSPS) is 10.3. The number of nitrogens with zero attached hydrogens (tertiary/aromatic N) is 2. The number of aromatic nitrogens is 1. The number of anilines is 1. The van der Waals surface area contributed by atoms with Gasteiger partial charge in [0, 0.05) is 20.6 Å². The van der Waals surface area contributed by atoms with E-state index >= 15 is 0 Å². The second-order valence-electron chi connectivity index (χ2n) is 4.38. The number of carbonyl (C=O) groups is 1. The molecule has 0 unspecified atom stereocenters. The van der Waals surface area contributed by atoms with Crippen molar-refractivity contribution in [3.8, 4) is 0 Å². The molecule has 0 spiro atoms. The minimum absolute atomic E-state index is 0.114. The number of rotatable bonds is 4. The van der Waals surface area contributed by atoms with Gasteiger partial charge in [0.25, 0.3) is 5.91 Å². The monoisotopic (exact) mass is 221 g/mol. The second-order valence-corrected chi connectivity index (χ2v) is 4.38. The van der Waals surface area contributed by atoms with Crippen LogP contribution in [-0.2, 0) is 0 Å². The molecule has 0 radical (unpaired) electrons. The number of nitrogens with one attached hydrogen (secondary N) is 1. The van der Waals surface area contributed by atoms with Gasteiger partial charge in [0.2, 0.25) is 0 Å². The summed E-state index contributed by atoms with van der Waals surface area (Å²) >= 11 is 0. The lowest BCUT2D eigenvalue weighted by atomic mass is 10.2. The Morgan fingerprint density at radius 2 is 2.12 bits per heavy atom. The van der Waals surface area contributed by atoms with Crippen LogP contribution in [0.4, 0.5) is 5.82 Å². The van der Waals surface area contributed by atoms with E-state index in [0.29, 0.717) is 18.2 Å². The van der Waals surface area contributed by atoms with Gasteiger partial charge in [-0.1, -0.05) is 19.9 Å². The van der Waals surface area contributed by atoms with Gasteiger partial charge in [-0.15, -0.1) is 0 Å². The highest BCUT2D eigenvalue weighted by atomic mass is 16.1. The Bertz CT molecular complexity index is 361. The summed E-state index contributed by atoms with van der Waals surface area (Å²) < 4.78 is 0. The molecular weight excluding hydrogens is 202 g/mol. The molecule has 1 rings (SSSR count). The maximum atomic E-state index is 11.7. The van der Waals surface area contributed by atoms with Crippen molar-refractivity contribution in [1.29, 1.82) is 0 Å². The van der Waals surface area contributed by atoms with Crippen LogP contribution in [0.15, 0.2) is 18.2 Å². The van der Waals surface area contributed by atoms with Gasteiger partial charge >= 0.3 is 0 Å². The lowest BCUT2D eigenvalue weighted by Crippen LogP contribution is -2.28. The van der Waals surface area contributed by atoms with Gasteiger partial charge in [0.05, 0.1) is 0 Å². The molecule has 0 aliphatic carbocycles. The van der Waals surface area contributed by atoms with Crippen molar-refractivity contribution in [2.75, 3.05) is 25.5 Å². The number of hydrogen-bond donors (Lipinski definition) is 1. The Morgan fingerprint density at radius 3 is 2.69 bits per heavy atom. The fourth-order valence-electron chi connectivity index (χ4n) is 1.19. The molecule has 0 fully saturated rings. The van der Waals surface area contributed by atoms with Crippen molar-refractivity contribution in [3.63, 3.8) is 0 Å². The summed E-state index contributed by atoms with van der Waals surface area (Å²) in [4.78, 5) is 17.9. The van der Waals surface area contributed by atoms with Gasteiger partial charge in [-0.25, -0.2) is 4.98 Å². The highest BCUT2D eigenvalue weighted by molar-refractivity contribution is 5.92. The van der Waals surface area contributed by atoms with E-state index in [1.807, 2.05) is 31.1 Å². The summed E-state index contributed by atoms with van der Waals surface area (Å²) in [6, 6.07) is 5.44. The third-order valence-corrected chi connectivity index (χ3v) is 2.10. The SMILES string of the molecule is CC(C)CNC(=O)c1cccc(N(C)C)n1. The van der Waals surface area contributed by atoms with Crippen molar-refractivity contribution in [3.05, 3.63) is 23.9 Å². The van der Waals surface area contributed by atoms with Crippen LogP contribution in [0.2, 0.25) is 0 Å². The van der Waals surface area contributed by atoms with Crippen molar-refractivity contribution >= 4 is 11.7 Å². The first-order valence-corrected chi connectivity index (χ1v) is 5.43. The predicted molar refractivity (Wildman–Crippen MR) is 65.7 cm³/mol. The molecule has 88 valence electrons. The van der Waals surface area contributed by atoms with Gasteiger partial charge in [-0.2, -0.15) is 0 Å². The number of hydrogen-bond acceptors (Lipinski definition) is 3. The Hall–Kier alpha value is -1.58. The molecule has 0 saturated heterocycles. The molecule has 4 heteroatoms. The van der Waals surface area contributed by atoms with E-state index in [-0.39, 0.29) is 5.91 Å². The Balaban J connectivity index is 2.72. The number of amides is 1. The van der Waals surface area contributed by atoms with E-state index in [1.165, 1.54) is 0 Å². The molecule has 0 saturated carbocycles. The van der Waals surface area contributed by atoms with Gasteiger partial charge in [0.1, 0.15) is 11.5 Å². The zero-order chi connectivity index (χ0) is 12.1. The second kappa shape index (κ2) is 5.49. The molecule has 1 aromatic heterocycles. The van der Waals surface area contributed by atoms with Crippen LogP contribution in [0.1, 0.15) is 24.3 Å². The summed E-state index contributed by atoms with van der Waals surface area (Å²) in [7, 11) is 3.80. The summed E-state index contributed by atoms with van der Waals surface area (Å²) in [5.74, 6) is 1.12. The van der Waals surface area contributed by atoms with Crippen LogP contribution in [0.5, 0.6) is 0 Å².